The SMILES string of the molecule is CCNc1ccc(C(=O)NCC2CCN(C)CC2)cc1C. The van der Waals surface area contributed by atoms with Crippen LogP contribution >= 0.6 is 0 Å². The van der Waals surface area contributed by atoms with Crippen molar-refractivity contribution < 1.29 is 4.79 Å². The van der Waals surface area contributed by atoms with Crippen LogP contribution in [0, 0.1) is 12.8 Å². The summed E-state index contributed by atoms with van der Waals surface area (Å²) in [5.41, 5.74) is 2.97. The van der Waals surface area contributed by atoms with E-state index in [1.165, 1.54) is 12.8 Å². The Kier molecular flexibility index (Phi) is 5.62. The first-order valence-electron chi connectivity index (χ1n) is 7.91. The Balaban J connectivity index is 1.87. The average molecular weight is 289 g/mol. The number of likely N-dealkylation sites (tertiary alicyclic amines) is 1. The van der Waals surface area contributed by atoms with Gasteiger partial charge in [0.25, 0.3) is 5.91 Å². The van der Waals surface area contributed by atoms with E-state index in [1.807, 2.05) is 25.1 Å². The smallest absolute Gasteiger partial charge is 0.251 e. The van der Waals surface area contributed by atoms with E-state index in [0.29, 0.717) is 5.92 Å². The molecule has 4 nitrogen and oxygen atoms in total. The summed E-state index contributed by atoms with van der Waals surface area (Å²) >= 11 is 0. The van der Waals surface area contributed by atoms with Crippen LogP contribution in [-0.4, -0.2) is 44.0 Å². The van der Waals surface area contributed by atoms with Gasteiger partial charge in [0.1, 0.15) is 0 Å². The Morgan fingerprint density at radius 1 is 1.33 bits per heavy atom. The van der Waals surface area contributed by atoms with Crippen molar-refractivity contribution in [3.05, 3.63) is 29.3 Å². The van der Waals surface area contributed by atoms with E-state index >= 15 is 0 Å². The molecule has 0 atom stereocenters. The van der Waals surface area contributed by atoms with Gasteiger partial charge < -0.3 is 15.5 Å². The van der Waals surface area contributed by atoms with Gasteiger partial charge in [0.15, 0.2) is 0 Å². The summed E-state index contributed by atoms with van der Waals surface area (Å²) in [5, 5.41) is 6.38. The van der Waals surface area contributed by atoms with E-state index in [0.717, 1.165) is 43.0 Å². The van der Waals surface area contributed by atoms with Gasteiger partial charge in [0, 0.05) is 24.3 Å². The Morgan fingerprint density at radius 3 is 2.67 bits per heavy atom. The number of hydrogen-bond acceptors (Lipinski definition) is 3. The van der Waals surface area contributed by atoms with E-state index in [4.69, 9.17) is 0 Å². The molecule has 116 valence electrons. The van der Waals surface area contributed by atoms with Crippen LogP contribution in [0.1, 0.15) is 35.7 Å². The number of benzene rings is 1. The lowest BCUT2D eigenvalue weighted by molar-refractivity contribution is 0.0939. The van der Waals surface area contributed by atoms with E-state index < -0.39 is 0 Å². The lowest BCUT2D eigenvalue weighted by Crippen LogP contribution is -2.36. The summed E-state index contributed by atoms with van der Waals surface area (Å²) in [4.78, 5) is 14.6. The third kappa shape index (κ3) is 4.46. The van der Waals surface area contributed by atoms with Gasteiger partial charge in [0.2, 0.25) is 0 Å². The van der Waals surface area contributed by atoms with Gasteiger partial charge in [0.05, 0.1) is 0 Å². The standard InChI is InChI=1S/C17H27N3O/c1-4-18-16-6-5-15(11-13(16)2)17(21)19-12-14-7-9-20(3)10-8-14/h5-6,11,14,18H,4,7-10,12H2,1-3H3,(H,19,21). The minimum Gasteiger partial charge on any atom is -0.385 e. The molecule has 0 radical (unpaired) electrons. The highest BCUT2D eigenvalue weighted by atomic mass is 16.1. The van der Waals surface area contributed by atoms with Crippen LogP contribution in [0.2, 0.25) is 0 Å². The van der Waals surface area contributed by atoms with Crippen LogP contribution < -0.4 is 10.6 Å². The van der Waals surface area contributed by atoms with Crippen LogP contribution in [-0.2, 0) is 0 Å². The number of carbonyl (C=O) groups is 1. The molecular weight excluding hydrogens is 262 g/mol. The number of aryl methyl sites for hydroxylation is 1. The monoisotopic (exact) mass is 289 g/mol. The molecule has 1 saturated heterocycles. The quantitative estimate of drug-likeness (QED) is 0.875. The van der Waals surface area contributed by atoms with Crippen molar-refractivity contribution in [1.29, 1.82) is 0 Å². The number of amides is 1. The third-order valence-corrected chi connectivity index (χ3v) is 4.25. The van der Waals surface area contributed by atoms with Crippen molar-refractivity contribution in [3.63, 3.8) is 0 Å². The molecule has 1 amide bonds. The van der Waals surface area contributed by atoms with Crippen LogP contribution in [0.25, 0.3) is 0 Å². The highest BCUT2D eigenvalue weighted by Crippen LogP contribution is 2.17. The Morgan fingerprint density at radius 2 is 2.05 bits per heavy atom. The Bertz CT molecular complexity index is 479. The normalized spacial score (nSPS) is 16.7. The van der Waals surface area contributed by atoms with Crippen molar-refractivity contribution in [2.75, 3.05) is 38.5 Å². The van der Waals surface area contributed by atoms with Crippen molar-refractivity contribution in [1.82, 2.24) is 10.2 Å². The van der Waals surface area contributed by atoms with Gasteiger partial charge in [-0.05, 0) is 76.5 Å². The largest absolute Gasteiger partial charge is 0.385 e. The zero-order valence-corrected chi connectivity index (χ0v) is 13.4. The number of nitrogens with zero attached hydrogens (tertiary/aromatic N) is 1. The number of carbonyl (C=O) groups excluding carboxylic acids is 1. The molecule has 21 heavy (non-hydrogen) atoms. The molecule has 0 unspecified atom stereocenters. The molecular formula is C17H27N3O. The topological polar surface area (TPSA) is 44.4 Å². The molecule has 0 aromatic heterocycles. The number of nitrogens with one attached hydrogen (secondary N) is 2. The molecule has 1 aliphatic rings. The van der Waals surface area contributed by atoms with Crippen LogP contribution in [0.5, 0.6) is 0 Å². The van der Waals surface area contributed by atoms with E-state index in [1.54, 1.807) is 0 Å². The van der Waals surface area contributed by atoms with Crippen molar-refractivity contribution >= 4 is 11.6 Å². The highest BCUT2D eigenvalue weighted by molar-refractivity contribution is 5.94. The lowest BCUT2D eigenvalue weighted by Gasteiger charge is -2.28. The molecule has 4 heteroatoms. The fourth-order valence-corrected chi connectivity index (χ4v) is 2.80. The van der Waals surface area contributed by atoms with Crippen molar-refractivity contribution in [2.24, 2.45) is 5.92 Å². The summed E-state index contributed by atoms with van der Waals surface area (Å²) in [6.07, 6.45) is 2.35. The zero-order chi connectivity index (χ0) is 15.2. The highest BCUT2D eigenvalue weighted by Gasteiger charge is 2.17. The molecule has 1 heterocycles. The molecule has 0 bridgehead atoms. The van der Waals surface area contributed by atoms with E-state index in [9.17, 15) is 4.79 Å². The molecule has 0 aliphatic carbocycles. The number of anilines is 1. The minimum absolute atomic E-state index is 0.0417. The second-order valence-corrected chi connectivity index (χ2v) is 6.02. The Hall–Kier alpha value is -1.55. The second-order valence-electron chi connectivity index (χ2n) is 6.02. The molecule has 1 aromatic rings. The lowest BCUT2D eigenvalue weighted by atomic mass is 9.97. The maximum atomic E-state index is 12.2. The molecule has 1 fully saturated rings. The molecule has 2 N–H and O–H groups in total. The first-order chi connectivity index (χ1) is 10.1. The number of piperidine rings is 1. The summed E-state index contributed by atoms with van der Waals surface area (Å²) in [7, 11) is 2.16. The number of hydrogen-bond donors (Lipinski definition) is 2. The first kappa shape index (κ1) is 15.8. The van der Waals surface area contributed by atoms with Gasteiger partial charge in [-0.25, -0.2) is 0 Å². The van der Waals surface area contributed by atoms with Gasteiger partial charge >= 0.3 is 0 Å². The Labute approximate surface area is 127 Å². The molecule has 0 spiro atoms. The maximum absolute atomic E-state index is 12.2. The van der Waals surface area contributed by atoms with Crippen LogP contribution in [0.4, 0.5) is 5.69 Å². The maximum Gasteiger partial charge on any atom is 0.251 e. The van der Waals surface area contributed by atoms with E-state index in [2.05, 4.69) is 29.5 Å². The van der Waals surface area contributed by atoms with Crippen molar-refractivity contribution in [2.45, 2.75) is 26.7 Å². The van der Waals surface area contributed by atoms with Gasteiger partial charge in [-0.2, -0.15) is 0 Å². The average Bonchev–Trinajstić information content (AvgIpc) is 2.48. The molecule has 1 aliphatic heterocycles. The summed E-state index contributed by atoms with van der Waals surface area (Å²) < 4.78 is 0. The summed E-state index contributed by atoms with van der Waals surface area (Å²) in [5.74, 6) is 0.660. The fourth-order valence-electron chi connectivity index (χ4n) is 2.80. The fraction of sp³-hybridized carbons (Fsp3) is 0.588. The predicted octanol–water partition coefficient (Wildman–Crippen LogP) is 2.50. The molecule has 0 saturated carbocycles. The van der Waals surface area contributed by atoms with Crippen LogP contribution in [0.15, 0.2) is 18.2 Å². The van der Waals surface area contributed by atoms with Gasteiger partial charge in [-0.1, -0.05) is 0 Å². The predicted molar refractivity (Wildman–Crippen MR) is 87.9 cm³/mol. The first-order valence-corrected chi connectivity index (χ1v) is 7.91. The van der Waals surface area contributed by atoms with Gasteiger partial charge in [-0.3, -0.25) is 4.79 Å². The molecule has 2 rings (SSSR count). The van der Waals surface area contributed by atoms with Gasteiger partial charge in [-0.15, -0.1) is 0 Å². The zero-order valence-electron chi connectivity index (χ0n) is 13.4. The van der Waals surface area contributed by atoms with E-state index in [-0.39, 0.29) is 5.91 Å². The summed E-state index contributed by atoms with van der Waals surface area (Å²) in [6.45, 7) is 8.06. The second kappa shape index (κ2) is 7.46. The van der Waals surface area contributed by atoms with Crippen molar-refractivity contribution in [3.8, 4) is 0 Å². The van der Waals surface area contributed by atoms with Crippen LogP contribution in [0.3, 0.4) is 0 Å². The molecule has 1 aromatic carbocycles. The third-order valence-electron chi connectivity index (χ3n) is 4.25. The summed E-state index contributed by atoms with van der Waals surface area (Å²) in [6, 6.07) is 5.85. The minimum atomic E-state index is 0.0417. The number of rotatable bonds is 5.